The average molecular weight is 762 g/mol. The van der Waals surface area contributed by atoms with Crippen LogP contribution in [0, 0.1) is 28.3 Å². The number of fused-ring (bicyclic) bond motifs is 2. The number of benzene rings is 2. The molecule has 1 aliphatic carbocycles. The van der Waals surface area contributed by atoms with Crippen molar-refractivity contribution in [3.05, 3.63) is 76.6 Å². The van der Waals surface area contributed by atoms with E-state index in [1.807, 2.05) is 42.6 Å². The third kappa shape index (κ3) is 5.18. The Morgan fingerprint density at radius 2 is 1.38 bits per heavy atom. The first-order valence-electron chi connectivity index (χ1n) is 10.8. The Labute approximate surface area is 221 Å². The Hall–Kier alpha value is -2.32. The Morgan fingerprint density at radius 3 is 2.03 bits per heavy atom. The molecule has 0 N–H and O–H groups in total. The quantitative estimate of drug-likeness (QED) is 0.213. The molecule has 0 unspecified atom stereocenters. The zero-order chi connectivity index (χ0) is 23.5. The summed E-state index contributed by atoms with van der Waals surface area (Å²) in [6.45, 7) is 0. The summed E-state index contributed by atoms with van der Waals surface area (Å²) in [6, 6.07) is 20.0. The number of hydrogen-bond donors (Lipinski definition) is 0. The van der Waals surface area contributed by atoms with E-state index in [4.69, 9.17) is 9.47 Å². The van der Waals surface area contributed by atoms with Crippen molar-refractivity contribution in [1.29, 1.82) is 0 Å². The molecule has 4 aromatic rings. The van der Waals surface area contributed by atoms with Crippen molar-refractivity contribution in [3.8, 4) is 0 Å². The van der Waals surface area contributed by atoms with Crippen LogP contribution in [0.3, 0.4) is 0 Å². The summed E-state index contributed by atoms with van der Waals surface area (Å²) in [6.07, 6.45) is 6.62. The van der Waals surface area contributed by atoms with Gasteiger partial charge in [0.05, 0.1) is 5.52 Å². The van der Waals surface area contributed by atoms with Crippen molar-refractivity contribution in [2.75, 3.05) is 0 Å². The molecule has 1 spiro atoms. The van der Waals surface area contributed by atoms with Crippen LogP contribution in [0.2, 0.25) is 0 Å². The number of pyridine rings is 2. The number of hydrogen-bond acceptors (Lipinski definition) is 6. The number of esters is 2. The Balaban J connectivity index is 0.000000183. The van der Waals surface area contributed by atoms with Gasteiger partial charge in [0.2, 0.25) is 0 Å². The van der Waals surface area contributed by atoms with E-state index in [0.717, 1.165) is 32.8 Å². The number of rotatable bonds is 1. The zero-order valence-electron chi connectivity index (χ0n) is 18.0. The van der Waals surface area contributed by atoms with Gasteiger partial charge < -0.3 is 9.47 Å². The summed E-state index contributed by atoms with van der Waals surface area (Å²) in [5, 5.41) is 2.22. The van der Waals surface area contributed by atoms with E-state index in [-0.39, 0.29) is 3.51 Å². The maximum absolute atomic E-state index is 12.3. The molecule has 2 aliphatic rings. The van der Waals surface area contributed by atoms with Crippen molar-refractivity contribution in [2.45, 2.75) is 31.5 Å². The van der Waals surface area contributed by atoms with E-state index in [9.17, 15) is 9.59 Å². The predicted molar refractivity (Wildman–Crippen MR) is 134 cm³/mol. The van der Waals surface area contributed by atoms with Crippen LogP contribution in [0.4, 0.5) is 0 Å². The third-order valence-electron chi connectivity index (χ3n) is 5.61. The Kier molecular flexibility index (Phi) is 6.97. The topological polar surface area (TPSA) is 78.4 Å². The van der Waals surface area contributed by atoms with Crippen LogP contribution in [0.25, 0.3) is 21.8 Å². The second kappa shape index (κ2) is 10.1. The molecular weight excluding hydrogens is 742 g/mol. The first kappa shape index (κ1) is 23.4. The Morgan fingerprint density at radius 1 is 0.794 bits per heavy atom. The molecule has 0 bridgehead atoms. The summed E-state index contributed by atoms with van der Waals surface area (Å²) in [5.41, 5.74) is 1.97. The summed E-state index contributed by atoms with van der Waals surface area (Å²) in [5.74, 6) is -1.99. The van der Waals surface area contributed by atoms with Gasteiger partial charge in [0.15, 0.2) is 3.51 Å². The summed E-state index contributed by atoms with van der Waals surface area (Å²) in [7, 11) is 0. The molecule has 3 heterocycles. The average Bonchev–Trinajstić information content (AvgIpc) is 3.29. The number of carbonyl (C=O) groups is 2. The summed E-state index contributed by atoms with van der Waals surface area (Å²) < 4.78 is 13.4. The molecule has 8 heteroatoms. The van der Waals surface area contributed by atoms with Crippen molar-refractivity contribution in [3.63, 3.8) is 0 Å². The maximum atomic E-state index is 12.3. The van der Waals surface area contributed by atoms with Gasteiger partial charge in [0.1, 0.15) is 0 Å². The summed E-state index contributed by atoms with van der Waals surface area (Å²) >= 11 is 0.758. The monoisotopic (exact) mass is 762 g/mol. The van der Waals surface area contributed by atoms with Crippen molar-refractivity contribution in [1.82, 2.24) is 9.97 Å². The minimum atomic E-state index is -0.991. The van der Waals surface area contributed by atoms with E-state index in [2.05, 4.69) is 34.2 Å². The van der Waals surface area contributed by atoms with Crippen molar-refractivity contribution < 1.29 is 43.8 Å². The van der Waals surface area contributed by atoms with Gasteiger partial charge in [-0.1, -0.05) is 26.8 Å². The first-order valence-corrected chi connectivity index (χ1v) is 14.5. The molecule has 6 nitrogen and oxygen atoms in total. The van der Waals surface area contributed by atoms with Crippen LogP contribution >= 0.6 is 20.7 Å². The minimum absolute atomic E-state index is 0.171. The van der Waals surface area contributed by atoms with Crippen LogP contribution in [0.15, 0.2) is 73.1 Å². The van der Waals surface area contributed by atoms with Gasteiger partial charge in [-0.25, -0.2) is 9.59 Å². The molecule has 0 radical (unpaired) electrons. The fraction of sp³-hybridized carbons (Fsp3) is 0.192. The van der Waals surface area contributed by atoms with E-state index in [1.54, 1.807) is 30.9 Å². The van der Waals surface area contributed by atoms with Crippen LogP contribution < -0.4 is 3.27 Å². The Bertz CT molecular complexity index is 1410. The van der Waals surface area contributed by atoms with Gasteiger partial charge in [0.25, 0.3) is 5.79 Å². The van der Waals surface area contributed by atoms with Gasteiger partial charge in [-0.2, -0.15) is 0 Å². The van der Waals surface area contributed by atoms with E-state index in [0.29, 0.717) is 12.8 Å². The molecule has 2 aromatic carbocycles. The second-order valence-corrected chi connectivity index (χ2v) is 12.5. The van der Waals surface area contributed by atoms with Crippen molar-refractivity contribution in [2.24, 2.45) is 0 Å². The molecule has 172 valence electrons. The van der Waals surface area contributed by atoms with E-state index in [1.165, 1.54) is 8.66 Å². The van der Waals surface area contributed by atoms with Crippen LogP contribution in [0.5, 0.6) is 0 Å². The predicted octanol–water partition coefficient (Wildman–Crippen LogP) is 4.33. The molecule has 1 saturated heterocycles. The number of halogens is 1. The van der Waals surface area contributed by atoms with E-state index < -0.39 is 38.5 Å². The van der Waals surface area contributed by atoms with Crippen LogP contribution in [0.1, 0.15) is 25.7 Å². The van der Waals surface area contributed by atoms with Crippen molar-refractivity contribution >= 4 is 61.3 Å². The summed E-state index contributed by atoms with van der Waals surface area (Å²) in [4.78, 5) is 33.1. The van der Waals surface area contributed by atoms with Crippen LogP contribution in [-0.4, -0.2) is 31.2 Å². The van der Waals surface area contributed by atoms with Gasteiger partial charge in [-0.3, -0.25) is 4.98 Å². The number of aromatic nitrogens is 2. The molecule has 2 fully saturated rings. The molecule has 6 rings (SSSR count). The molecule has 2 aromatic heterocycles. The van der Waals surface area contributed by atoms with Gasteiger partial charge in [-0.15, -0.1) is 0 Å². The zero-order valence-corrected chi connectivity index (χ0v) is 23.1. The number of carbonyl (C=O) groups excluding carboxylic acids is 2. The first-order chi connectivity index (χ1) is 16.5. The van der Waals surface area contributed by atoms with Gasteiger partial charge in [0, 0.05) is 28.0 Å². The van der Waals surface area contributed by atoms with E-state index >= 15 is 0 Å². The third-order valence-corrected chi connectivity index (χ3v) is 9.24. The SMILES string of the molecule is O=C1OC2(CCCC2)OC(=O)C1=Ic1ccc2ncccc2c1.[211At]c1ccc2ncccc2c1. The van der Waals surface area contributed by atoms with Crippen LogP contribution in [-0.2, 0) is 19.1 Å². The number of nitrogens with zero attached hydrogens (tertiary/aromatic N) is 2. The standard InChI is InChI=1S/C17H14INO4.C9H6AtN/c20-15-14(16(21)23-17(22-15)7-1-2-8-17)18-12-5-6-13-11(10-12)4-3-9-19-13;10-8-3-4-9-7(6-8)2-1-5-11-9/h3-6,9-10H,1-2,7-8H2;1-6H/i;10+1. The normalized spacial score (nSPS) is 16.8. The molecule has 0 amide bonds. The molecule has 0 atom stereocenters. The molecule has 34 heavy (non-hydrogen) atoms. The van der Waals surface area contributed by atoms with Gasteiger partial charge in [-0.05, 0) is 37.1 Å². The van der Waals surface area contributed by atoms with Gasteiger partial charge >= 0.3 is 92.3 Å². The number of ether oxygens (including phenoxy) is 2. The molecule has 1 aliphatic heterocycles. The fourth-order valence-corrected chi connectivity index (χ4v) is 6.82. The second-order valence-electron chi connectivity index (χ2n) is 7.99. The fourth-order valence-electron chi connectivity index (χ4n) is 3.99. The molecular formula is C26H20AtIN2O4. The molecule has 1 saturated carbocycles.